The first kappa shape index (κ1) is 13.0. The molecule has 1 aromatic carbocycles. The van der Waals surface area contributed by atoms with E-state index < -0.39 is 5.97 Å². The number of rotatable bonds is 4. The van der Waals surface area contributed by atoms with Crippen LogP contribution in [0.3, 0.4) is 0 Å². The number of aromatic carboxylic acids is 1. The van der Waals surface area contributed by atoms with E-state index in [9.17, 15) is 4.79 Å². The van der Waals surface area contributed by atoms with Crippen LogP contribution in [-0.2, 0) is 5.75 Å². The van der Waals surface area contributed by atoms with Gasteiger partial charge in [-0.1, -0.05) is 11.8 Å². The van der Waals surface area contributed by atoms with Crippen molar-refractivity contribution >= 4 is 45.8 Å². The van der Waals surface area contributed by atoms with Crippen molar-refractivity contribution in [3.8, 4) is 0 Å². The maximum absolute atomic E-state index is 11.0. The Morgan fingerprint density at radius 2 is 2.30 bits per heavy atom. The first-order valence-corrected chi connectivity index (χ1v) is 7.68. The molecule has 0 aliphatic carbocycles. The highest BCUT2D eigenvalue weighted by Crippen LogP contribution is 2.27. The zero-order chi connectivity index (χ0) is 14.1. The lowest BCUT2D eigenvalue weighted by Crippen LogP contribution is -1.96. The van der Waals surface area contributed by atoms with Crippen LogP contribution in [0.4, 0.5) is 5.69 Å². The third kappa shape index (κ3) is 2.50. The van der Waals surface area contributed by atoms with E-state index in [1.165, 1.54) is 23.1 Å². The maximum atomic E-state index is 11.0. The number of carboxylic acid groups (broad SMARTS) is 1. The molecule has 3 aromatic rings. The highest BCUT2D eigenvalue weighted by Gasteiger charge is 2.12. The summed E-state index contributed by atoms with van der Waals surface area (Å²) in [6.07, 6.45) is 0. The summed E-state index contributed by atoms with van der Waals surface area (Å²) in [5.41, 5.74) is 8.95. The van der Waals surface area contributed by atoms with Crippen molar-refractivity contribution in [2.24, 2.45) is 0 Å². The van der Waals surface area contributed by atoms with Gasteiger partial charge in [-0.05, 0) is 35.2 Å². The van der Waals surface area contributed by atoms with Crippen molar-refractivity contribution in [1.29, 1.82) is 0 Å². The zero-order valence-electron chi connectivity index (χ0n) is 10.3. The van der Waals surface area contributed by atoms with Gasteiger partial charge >= 0.3 is 5.97 Å². The van der Waals surface area contributed by atoms with Gasteiger partial charge in [0.15, 0.2) is 5.16 Å². The number of carboxylic acids is 1. The van der Waals surface area contributed by atoms with Gasteiger partial charge in [0.1, 0.15) is 4.88 Å². The minimum absolute atomic E-state index is 0.387. The van der Waals surface area contributed by atoms with Crippen LogP contribution in [0.25, 0.3) is 11.0 Å². The number of H-pyrrole nitrogens is 1. The molecule has 0 aliphatic rings. The number of benzene rings is 1. The molecule has 5 nitrogen and oxygen atoms in total. The Morgan fingerprint density at radius 1 is 1.45 bits per heavy atom. The molecule has 7 heteroatoms. The molecule has 3 rings (SSSR count). The molecular formula is C13H11N3O2S2. The Balaban J connectivity index is 1.79. The van der Waals surface area contributed by atoms with Gasteiger partial charge in [-0.15, -0.1) is 11.3 Å². The number of carbonyl (C=O) groups is 1. The monoisotopic (exact) mass is 305 g/mol. The van der Waals surface area contributed by atoms with Gasteiger partial charge in [-0.3, -0.25) is 0 Å². The fourth-order valence-corrected chi connectivity index (χ4v) is 3.59. The molecule has 0 fully saturated rings. The normalized spacial score (nSPS) is 11.0. The van der Waals surface area contributed by atoms with E-state index in [4.69, 9.17) is 10.8 Å². The van der Waals surface area contributed by atoms with E-state index in [1.54, 1.807) is 11.4 Å². The predicted molar refractivity (Wildman–Crippen MR) is 81.3 cm³/mol. The van der Waals surface area contributed by atoms with E-state index in [0.29, 0.717) is 16.3 Å². The van der Waals surface area contributed by atoms with Crippen molar-refractivity contribution in [3.63, 3.8) is 0 Å². The summed E-state index contributed by atoms with van der Waals surface area (Å²) in [5.74, 6) is -0.312. The molecule has 0 amide bonds. The topological polar surface area (TPSA) is 92.0 Å². The Labute approximate surface area is 122 Å². The van der Waals surface area contributed by atoms with Crippen molar-refractivity contribution in [3.05, 3.63) is 40.1 Å². The summed E-state index contributed by atoms with van der Waals surface area (Å²) in [4.78, 5) is 19.0. The molecule has 4 N–H and O–H groups in total. The molecule has 0 saturated carbocycles. The minimum atomic E-state index is -0.882. The molecule has 0 aliphatic heterocycles. The lowest BCUT2D eigenvalue weighted by Gasteiger charge is -1.97. The maximum Gasteiger partial charge on any atom is 0.346 e. The molecule has 102 valence electrons. The fraction of sp³-hybridized carbons (Fsp3) is 0.0769. The number of hydrogen-bond donors (Lipinski definition) is 3. The van der Waals surface area contributed by atoms with Crippen LogP contribution in [0.5, 0.6) is 0 Å². The number of fused-ring (bicyclic) bond motifs is 1. The average Bonchev–Trinajstić information content (AvgIpc) is 3.01. The summed E-state index contributed by atoms with van der Waals surface area (Å²) in [7, 11) is 0. The van der Waals surface area contributed by atoms with Crippen LogP contribution in [0.1, 0.15) is 15.2 Å². The minimum Gasteiger partial charge on any atom is -0.477 e. The Bertz CT molecular complexity index is 779. The molecular weight excluding hydrogens is 294 g/mol. The second-order valence-electron chi connectivity index (χ2n) is 4.19. The average molecular weight is 305 g/mol. The number of thioether (sulfide) groups is 1. The number of nitrogen functional groups attached to an aromatic ring is 1. The number of thiophene rings is 1. The van der Waals surface area contributed by atoms with Gasteiger partial charge in [-0.2, -0.15) is 0 Å². The number of nitrogens with one attached hydrogen (secondary N) is 1. The third-order valence-corrected chi connectivity index (χ3v) is 4.66. The highest BCUT2D eigenvalue weighted by molar-refractivity contribution is 7.98. The highest BCUT2D eigenvalue weighted by atomic mass is 32.2. The van der Waals surface area contributed by atoms with Gasteiger partial charge in [0.05, 0.1) is 11.0 Å². The number of aromatic amines is 1. The van der Waals surface area contributed by atoms with Crippen LogP contribution in [0.2, 0.25) is 0 Å². The first-order chi connectivity index (χ1) is 9.63. The summed E-state index contributed by atoms with van der Waals surface area (Å²) in [6, 6.07) is 7.33. The number of hydrogen-bond acceptors (Lipinski definition) is 5. The van der Waals surface area contributed by atoms with Crippen LogP contribution >= 0.6 is 23.1 Å². The van der Waals surface area contributed by atoms with Crippen LogP contribution in [-0.4, -0.2) is 21.0 Å². The van der Waals surface area contributed by atoms with Gasteiger partial charge < -0.3 is 15.8 Å². The molecule has 0 bridgehead atoms. The molecule has 0 saturated heterocycles. The van der Waals surface area contributed by atoms with E-state index >= 15 is 0 Å². The first-order valence-electron chi connectivity index (χ1n) is 5.81. The third-order valence-electron chi connectivity index (χ3n) is 2.79. The fourth-order valence-electron chi connectivity index (χ4n) is 1.86. The molecule has 0 spiro atoms. The van der Waals surface area contributed by atoms with Crippen LogP contribution in [0.15, 0.2) is 34.8 Å². The van der Waals surface area contributed by atoms with Crippen molar-refractivity contribution in [2.75, 3.05) is 5.73 Å². The number of anilines is 1. The molecule has 2 aromatic heterocycles. The summed E-state index contributed by atoms with van der Waals surface area (Å²) >= 11 is 2.72. The predicted octanol–water partition coefficient (Wildman–Crippen LogP) is 3.20. The van der Waals surface area contributed by atoms with Gasteiger partial charge in [0.2, 0.25) is 0 Å². The van der Waals surface area contributed by atoms with E-state index in [1.807, 2.05) is 18.2 Å². The van der Waals surface area contributed by atoms with Crippen molar-refractivity contribution in [2.45, 2.75) is 10.9 Å². The zero-order valence-corrected chi connectivity index (χ0v) is 11.9. The summed E-state index contributed by atoms with van der Waals surface area (Å²) in [5, 5.41) is 11.6. The second kappa shape index (κ2) is 5.18. The molecule has 0 radical (unpaired) electrons. The summed E-state index contributed by atoms with van der Waals surface area (Å²) in [6.45, 7) is 0. The van der Waals surface area contributed by atoms with Crippen molar-refractivity contribution < 1.29 is 9.90 Å². The second-order valence-corrected chi connectivity index (χ2v) is 6.07. The molecule has 20 heavy (non-hydrogen) atoms. The van der Waals surface area contributed by atoms with E-state index in [2.05, 4.69) is 9.97 Å². The van der Waals surface area contributed by atoms with E-state index in [0.717, 1.165) is 21.8 Å². The lowest BCUT2D eigenvalue weighted by atomic mass is 10.3. The Morgan fingerprint density at radius 3 is 3.10 bits per heavy atom. The van der Waals surface area contributed by atoms with Gasteiger partial charge in [0, 0.05) is 11.4 Å². The largest absolute Gasteiger partial charge is 0.477 e. The Kier molecular flexibility index (Phi) is 3.37. The lowest BCUT2D eigenvalue weighted by molar-refractivity contribution is 0.0701. The van der Waals surface area contributed by atoms with Gasteiger partial charge in [-0.25, -0.2) is 9.78 Å². The SMILES string of the molecule is Nc1ccc2nc(SCc3ccsc3C(=O)O)[nH]c2c1. The standard InChI is InChI=1S/C13H11N3O2S2/c14-8-1-2-9-10(5-8)16-13(15-9)20-6-7-3-4-19-11(7)12(17)18/h1-5H,6,14H2,(H,15,16)(H,17,18). The molecule has 0 atom stereocenters. The van der Waals surface area contributed by atoms with Crippen LogP contribution in [0, 0.1) is 0 Å². The Hall–Kier alpha value is -1.99. The number of aromatic nitrogens is 2. The number of imidazole rings is 1. The van der Waals surface area contributed by atoms with E-state index in [-0.39, 0.29) is 0 Å². The number of nitrogens with zero attached hydrogens (tertiary/aromatic N) is 1. The smallest absolute Gasteiger partial charge is 0.346 e. The van der Waals surface area contributed by atoms with Crippen molar-refractivity contribution in [1.82, 2.24) is 9.97 Å². The summed E-state index contributed by atoms with van der Waals surface area (Å²) < 4.78 is 0. The quantitative estimate of drug-likeness (QED) is 0.508. The number of nitrogens with two attached hydrogens (primary N) is 1. The van der Waals surface area contributed by atoms with Gasteiger partial charge in [0.25, 0.3) is 0 Å². The molecule has 2 heterocycles. The molecule has 0 unspecified atom stereocenters. The van der Waals surface area contributed by atoms with Crippen LogP contribution < -0.4 is 5.73 Å².